The van der Waals surface area contributed by atoms with Gasteiger partial charge in [-0.15, -0.1) is 0 Å². The standard InChI is InChI=1S/C23H25Cl2N3O4/c1-13(2)28(14(3)4)22(31)32-17-9-6-15(7-10-17)23(20(29)26-21(30)27(23)5)16-8-11-18(24)19(25)12-16/h6-14H,1-5H3,(H,26,29,30). The molecular formula is C23H25Cl2N3O4. The zero-order valence-electron chi connectivity index (χ0n) is 18.5. The van der Waals surface area contributed by atoms with Crippen molar-refractivity contribution in [3.8, 4) is 5.75 Å². The second kappa shape index (κ2) is 9.00. The maximum Gasteiger partial charge on any atom is 0.415 e. The number of hydrogen-bond acceptors (Lipinski definition) is 4. The van der Waals surface area contributed by atoms with Crippen molar-refractivity contribution >= 4 is 41.2 Å². The first-order chi connectivity index (χ1) is 15.0. The van der Waals surface area contributed by atoms with Crippen molar-refractivity contribution in [1.82, 2.24) is 15.1 Å². The smallest absolute Gasteiger partial charge is 0.410 e. The highest BCUT2D eigenvalue weighted by Gasteiger charge is 2.54. The number of carbonyl (C=O) groups excluding carboxylic acids is 3. The number of benzene rings is 2. The van der Waals surface area contributed by atoms with Gasteiger partial charge in [0.1, 0.15) is 5.75 Å². The van der Waals surface area contributed by atoms with Crippen molar-refractivity contribution in [3.63, 3.8) is 0 Å². The van der Waals surface area contributed by atoms with Gasteiger partial charge in [-0.3, -0.25) is 10.1 Å². The molecule has 2 aromatic carbocycles. The molecule has 1 aliphatic rings. The molecule has 0 saturated carbocycles. The van der Waals surface area contributed by atoms with Crippen LogP contribution in [0.5, 0.6) is 5.75 Å². The Bertz CT molecular complexity index is 1050. The van der Waals surface area contributed by atoms with Gasteiger partial charge in [-0.1, -0.05) is 41.4 Å². The molecule has 1 saturated heterocycles. The summed E-state index contributed by atoms with van der Waals surface area (Å²) in [5.74, 6) is -0.194. The minimum Gasteiger partial charge on any atom is -0.410 e. The first-order valence-corrected chi connectivity index (χ1v) is 10.9. The molecule has 4 amide bonds. The molecule has 0 bridgehead atoms. The second-order valence-corrected chi connectivity index (χ2v) is 8.96. The number of imide groups is 1. The lowest BCUT2D eigenvalue weighted by atomic mass is 9.81. The third kappa shape index (κ3) is 4.02. The van der Waals surface area contributed by atoms with Crippen LogP contribution in [0.25, 0.3) is 0 Å². The molecule has 170 valence electrons. The number of carbonyl (C=O) groups is 3. The highest BCUT2D eigenvalue weighted by atomic mass is 35.5. The van der Waals surface area contributed by atoms with Crippen LogP contribution in [0.2, 0.25) is 10.0 Å². The molecule has 0 aliphatic carbocycles. The lowest BCUT2D eigenvalue weighted by Gasteiger charge is -2.34. The van der Waals surface area contributed by atoms with Crippen molar-refractivity contribution < 1.29 is 19.1 Å². The molecule has 0 spiro atoms. The summed E-state index contributed by atoms with van der Waals surface area (Å²) in [7, 11) is 1.53. The van der Waals surface area contributed by atoms with Crippen molar-refractivity contribution in [2.24, 2.45) is 0 Å². The summed E-state index contributed by atoms with van der Waals surface area (Å²) < 4.78 is 5.53. The normalized spacial score (nSPS) is 18.3. The Kier molecular flexibility index (Phi) is 6.72. The Morgan fingerprint density at radius 1 is 0.969 bits per heavy atom. The van der Waals surface area contributed by atoms with Crippen LogP contribution >= 0.6 is 23.2 Å². The molecule has 2 aromatic rings. The summed E-state index contributed by atoms with van der Waals surface area (Å²) in [5, 5.41) is 2.95. The van der Waals surface area contributed by atoms with E-state index in [1.165, 1.54) is 11.9 Å². The van der Waals surface area contributed by atoms with E-state index in [4.69, 9.17) is 27.9 Å². The predicted molar refractivity (Wildman–Crippen MR) is 123 cm³/mol. The SMILES string of the molecule is CC(C)N(C(=O)Oc1ccc(C2(c3ccc(Cl)c(Cl)c3)C(=O)NC(=O)N2C)cc1)C(C)C. The van der Waals surface area contributed by atoms with Gasteiger partial charge in [0.25, 0.3) is 5.91 Å². The molecule has 3 rings (SSSR count). The number of rotatable bonds is 5. The maximum atomic E-state index is 13.1. The average molecular weight is 478 g/mol. The second-order valence-electron chi connectivity index (χ2n) is 8.14. The number of urea groups is 1. The summed E-state index contributed by atoms with van der Waals surface area (Å²) in [5.41, 5.74) is -0.463. The van der Waals surface area contributed by atoms with Gasteiger partial charge in [0.05, 0.1) is 10.0 Å². The third-order valence-corrected chi connectivity index (χ3v) is 6.23. The molecular weight excluding hydrogens is 453 g/mol. The summed E-state index contributed by atoms with van der Waals surface area (Å²) in [6.45, 7) is 7.65. The van der Waals surface area contributed by atoms with Crippen molar-refractivity contribution in [3.05, 3.63) is 63.6 Å². The number of ether oxygens (including phenoxy) is 1. The van der Waals surface area contributed by atoms with Crippen molar-refractivity contribution in [2.75, 3.05) is 7.05 Å². The number of likely N-dealkylation sites (N-methyl/N-ethyl adjacent to an activating group) is 1. The molecule has 32 heavy (non-hydrogen) atoms. The van der Waals surface area contributed by atoms with Crippen LogP contribution < -0.4 is 10.1 Å². The molecule has 9 heteroatoms. The average Bonchev–Trinajstić information content (AvgIpc) is 2.93. The van der Waals surface area contributed by atoms with E-state index >= 15 is 0 Å². The van der Waals surface area contributed by atoms with E-state index in [0.29, 0.717) is 21.9 Å². The Morgan fingerprint density at radius 2 is 1.53 bits per heavy atom. The fourth-order valence-corrected chi connectivity index (χ4v) is 4.35. The van der Waals surface area contributed by atoms with Crippen LogP contribution in [0.1, 0.15) is 38.8 Å². The molecule has 1 unspecified atom stereocenters. The molecule has 0 aromatic heterocycles. The zero-order chi connectivity index (χ0) is 23.8. The first-order valence-electron chi connectivity index (χ1n) is 10.2. The molecule has 1 heterocycles. The van der Waals surface area contributed by atoms with E-state index in [1.807, 2.05) is 27.7 Å². The summed E-state index contributed by atoms with van der Waals surface area (Å²) in [4.78, 5) is 41.0. The zero-order valence-corrected chi connectivity index (χ0v) is 20.0. The van der Waals surface area contributed by atoms with Crippen LogP contribution in [-0.2, 0) is 10.3 Å². The fraction of sp³-hybridized carbons (Fsp3) is 0.348. The van der Waals surface area contributed by atoms with Gasteiger partial charge in [0.2, 0.25) is 0 Å². The first kappa shape index (κ1) is 23.9. The summed E-state index contributed by atoms with van der Waals surface area (Å²) in [6.07, 6.45) is -0.465. The van der Waals surface area contributed by atoms with Crippen LogP contribution in [0.15, 0.2) is 42.5 Å². The highest BCUT2D eigenvalue weighted by Crippen LogP contribution is 2.41. The third-order valence-electron chi connectivity index (χ3n) is 5.49. The minimum atomic E-state index is -1.45. The Hall–Kier alpha value is -2.77. The Morgan fingerprint density at radius 3 is 2.00 bits per heavy atom. The van der Waals surface area contributed by atoms with Crippen LogP contribution in [0.3, 0.4) is 0 Å². The van der Waals surface area contributed by atoms with Crippen LogP contribution in [-0.4, -0.2) is 47.0 Å². The summed E-state index contributed by atoms with van der Waals surface area (Å²) in [6, 6.07) is 10.7. The van der Waals surface area contributed by atoms with E-state index < -0.39 is 23.6 Å². The molecule has 1 aliphatic heterocycles. The van der Waals surface area contributed by atoms with E-state index in [0.717, 1.165) is 0 Å². The van der Waals surface area contributed by atoms with Gasteiger partial charge in [-0.05, 0) is 63.1 Å². The van der Waals surface area contributed by atoms with E-state index in [1.54, 1.807) is 47.4 Å². The molecule has 7 nitrogen and oxygen atoms in total. The highest BCUT2D eigenvalue weighted by molar-refractivity contribution is 6.42. The number of amides is 4. The minimum absolute atomic E-state index is 0.0263. The molecule has 0 radical (unpaired) electrons. The quantitative estimate of drug-likeness (QED) is 0.611. The Balaban J connectivity index is 2.01. The van der Waals surface area contributed by atoms with Crippen LogP contribution in [0, 0.1) is 0 Å². The number of nitrogens with zero attached hydrogens (tertiary/aromatic N) is 2. The summed E-state index contributed by atoms with van der Waals surface area (Å²) >= 11 is 12.3. The van der Waals surface area contributed by atoms with Gasteiger partial charge in [0, 0.05) is 19.1 Å². The van der Waals surface area contributed by atoms with E-state index in [2.05, 4.69) is 5.32 Å². The predicted octanol–water partition coefficient (Wildman–Crippen LogP) is 5.04. The molecule has 1 atom stereocenters. The largest absolute Gasteiger partial charge is 0.415 e. The lowest BCUT2D eigenvalue weighted by molar-refractivity contribution is -0.124. The molecule has 1 N–H and O–H groups in total. The lowest BCUT2D eigenvalue weighted by Crippen LogP contribution is -2.46. The monoisotopic (exact) mass is 477 g/mol. The topological polar surface area (TPSA) is 79.0 Å². The van der Waals surface area contributed by atoms with Crippen molar-refractivity contribution in [2.45, 2.75) is 45.3 Å². The fourth-order valence-electron chi connectivity index (χ4n) is 4.05. The van der Waals surface area contributed by atoms with Gasteiger partial charge in [0.15, 0.2) is 5.54 Å². The van der Waals surface area contributed by atoms with E-state index in [-0.39, 0.29) is 17.1 Å². The maximum absolute atomic E-state index is 13.1. The van der Waals surface area contributed by atoms with Crippen molar-refractivity contribution in [1.29, 1.82) is 0 Å². The van der Waals surface area contributed by atoms with Gasteiger partial charge in [-0.2, -0.15) is 0 Å². The van der Waals surface area contributed by atoms with Gasteiger partial charge in [-0.25, -0.2) is 9.59 Å². The van der Waals surface area contributed by atoms with Gasteiger partial charge < -0.3 is 14.5 Å². The van der Waals surface area contributed by atoms with Gasteiger partial charge >= 0.3 is 12.1 Å². The number of nitrogens with one attached hydrogen (secondary N) is 1. The van der Waals surface area contributed by atoms with Crippen LogP contribution in [0.4, 0.5) is 9.59 Å². The molecule has 1 fully saturated rings. The number of halogens is 2. The number of hydrogen-bond donors (Lipinski definition) is 1. The Labute approximate surface area is 197 Å². The van der Waals surface area contributed by atoms with E-state index in [9.17, 15) is 14.4 Å².